The van der Waals surface area contributed by atoms with E-state index in [1.807, 2.05) is 12.2 Å². The molecule has 0 radical (unpaired) electrons. The maximum absolute atomic E-state index is 11.4. The van der Waals surface area contributed by atoms with Crippen LogP contribution in [0.1, 0.15) is 40.0 Å². The molecule has 1 heterocycles. The van der Waals surface area contributed by atoms with Crippen LogP contribution in [-0.4, -0.2) is 23.6 Å². The highest BCUT2D eigenvalue weighted by molar-refractivity contribution is 5.66. The van der Waals surface area contributed by atoms with Crippen molar-refractivity contribution < 1.29 is 24.4 Å². The summed E-state index contributed by atoms with van der Waals surface area (Å²) in [6.07, 6.45) is 7.40. The molecule has 116 valence electrons. The Morgan fingerprint density at radius 3 is 2.86 bits per heavy atom. The molecule has 0 saturated heterocycles. The van der Waals surface area contributed by atoms with Gasteiger partial charge in [-0.3, -0.25) is 10.1 Å². The molecule has 0 bridgehead atoms. The lowest BCUT2D eigenvalue weighted by Crippen LogP contribution is -2.44. The van der Waals surface area contributed by atoms with Gasteiger partial charge in [-0.15, -0.1) is 0 Å². The molecule has 21 heavy (non-hydrogen) atoms. The fraction of sp³-hybridized carbons (Fsp3) is 0.688. The van der Waals surface area contributed by atoms with Gasteiger partial charge in [0.1, 0.15) is 6.10 Å². The Balaban J connectivity index is 1.97. The maximum Gasteiger partial charge on any atom is 0.305 e. The summed E-state index contributed by atoms with van der Waals surface area (Å²) in [5, 5.41) is 8.92. The van der Waals surface area contributed by atoms with E-state index in [0.29, 0.717) is 5.92 Å². The molecule has 0 aromatic rings. The Morgan fingerprint density at radius 2 is 2.19 bits per heavy atom. The SMILES string of the molecule is CC(=O)OC1OC=CC12CC1=CC(OO)CCC1C2(C)C. The Labute approximate surface area is 124 Å². The van der Waals surface area contributed by atoms with E-state index in [0.717, 1.165) is 19.3 Å². The first kappa shape index (κ1) is 14.6. The van der Waals surface area contributed by atoms with Gasteiger partial charge in [0, 0.05) is 6.92 Å². The number of allylic oxidation sites excluding steroid dienone is 1. The predicted octanol–water partition coefficient (Wildman–Crippen LogP) is 3.03. The van der Waals surface area contributed by atoms with Gasteiger partial charge in [0.05, 0.1) is 11.7 Å². The molecule has 1 aliphatic heterocycles. The van der Waals surface area contributed by atoms with Gasteiger partial charge in [-0.25, -0.2) is 4.89 Å². The highest BCUT2D eigenvalue weighted by Crippen LogP contribution is 2.65. The topological polar surface area (TPSA) is 65.0 Å². The smallest absolute Gasteiger partial charge is 0.305 e. The van der Waals surface area contributed by atoms with Gasteiger partial charge in [-0.05, 0) is 36.7 Å². The maximum atomic E-state index is 11.4. The largest absolute Gasteiger partial charge is 0.462 e. The molecule has 1 fully saturated rings. The van der Waals surface area contributed by atoms with Crippen LogP contribution in [0.4, 0.5) is 0 Å². The first-order valence-corrected chi connectivity index (χ1v) is 7.42. The third kappa shape index (κ3) is 2.02. The lowest BCUT2D eigenvalue weighted by Gasteiger charge is -2.42. The zero-order chi connectivity index (χ0) is 15.3. The Hall–Kier alpha value is -1.33. The van der Waals surface area contributed by atoms with Crippen LogP contribution in [0.15, 0.2) is 24.0 Å². The van der Waals surface area contributed by atoms with Crippen molar-refractivity contribution in [3.8, 4) is 0 Å². The molecule has 3 aliphatic rings. The molecular weight excluding hydrogens is 272 g/mol. The Bertz CT molecular complexity index is 507. The van der Waals surface area contributed by atoms with E-state index in [2.05, 4.69) is 18.7 Å². The molecule has 0 aromatic heterocycles. The number of hydrogen-bond acceptors (Lipinski definition) is 5. The van der Waals surface area contributed by atoms with E-state index in [1.54, 1.807) is 6.26 Å². The van der Waals surface area contributed by atoms with Crippen LogP contribution in [0.25, 0.3) is 0 Å². The second-order valence-electron chi connectivity index (χ2n) is 6.83. The van der Waals surface area contributed by atoms with Gasteiger partial charge in [-0.1, -0.05) is 25.5 Å². The number of hydrogen-bond donors (Lipinski definition) is 1. The van der Waals surface area contributed by atoms with Crippen LogP contribution in [-0.2, 0) is 19.2 Å². The molecule has 3 rings (SSSR count). The average molecular weight is 294 g/mol. The molecular formula is C16H22O5. The van der Waals surface area contributed by atoms with Gasteiger partial charge in [0.15, 0.2) is 0 Å². The fourth-order valence-electron chi connectivity index (χ4n) is 4.31. The average Bonchev–Trinajstić information content (AvgIpc) is 2.91. The van der Waals surface area contributed by atoms with E-state index in [-0.39, 0.29) is 22.9 Å². The third-order valence-corrected chi connectivity index (χ3v) is 5.55. The number of carbonyl (C=O) groups is 1. The molecule has 5 heteroatoms. The molecule has 4 unspecified atom stereocenters. The lowest BCUT2D eigenvalue weighted by molar-refractivity contribution is -0.268. The van der Waals surface area contributed by atoms with E-state index >= 15 is 0 Å². The zero-order valence-electron chi connectivity index (χ0n) is 12.7. The molecule has 0 aromatic carbocycles. The number of carbonyl (C=O) groups excluding carboxylic acids is 1. The van der Waals surface area contributed by atoms with Crippen molar-refractivity contribution in [3.63, 3.8) is 0 Å². The minimum absolute atomic E-state index is 0.0909. The van der Waals surface area contributed by atoms with Crippen LogP contribution in [0.2, 0.25) is 0 Å². The monoisotopic (exact) mass is 294 g/mol. The predicted molar refractivity (Wildman–Crippen MR) is 74.9 cm³/mol. The first-order chi connectivity index (χ1) is 9.90. The van der Waals surface area contributed by atoms with E-state index in [1.165, 1.54) is 12.5 Å². The van der Waals surface area contributed by atoms with Crippen LogP contribution in [0, 0.1) is 16.7 Å². The Kier molecular flexibility index (Phi) is 3.37. The molecule has 1 saturated carbocycles. The van der Waals surface area contributed by atoms with E-state index < -0.39 is 6.29 Å². The minimum atomic E-state index is -0.579. The van der Waals surface area contributed by atoms with Crippen LogP contribution < -0.4 is 0 Å². The molecule has 5 nitrogen and oxygen atoms in total. The summed E-state index contributed by atoms with van der Waals surface area (Å²) in [6, 6.07) is 0. The molecule has 4 atom stereocenters. The van der Waals surface area contributed by atoms with Crippen molar-refractivity contribution in [2.24, 2.45) is 16.7 Å². The zero-order valence-corrected chi connectivity index (χ0v) is 12.7. The van der Waals surface area contributed by atoms with E-state index in [9.17, 15) is 4.79 Å². The molecule has 2 aliphatic carbocycles. The molecule has 1 N–H and O–H groups in total. The quantitative estimate of drug-likeness (QED) is 0.367. The van der Waals surface area contributed by atoms with Crippen molar-refractivity contribution in [1.29, 1.82) is 0 Å². The van der Waals surface area contributed by atoms with Crippen molar-refractivity contribution in [1.82, 2.24) is 0 Å². The van der Waals surface area contributed by atoms with Crippen LogP contribution in [0.5, 0.6) is 0 Å². The highest BCUT2D eigenvalue weighted by atomic mass is 17.1. The summed E-state index contributed by atoms with van der Waals surface area (Å²) in [5.74, 6) is 0.0487. The molecule has 0 amide bonds. The van der Waals surface area contributed by atoms with E-state index in [4.69, 9.17) is 14.7 Å². The van der Waals surface area contributed by atoms with Crippen molar-refractivity contribution >= 4 is 5.97 Å². The fourth-order valence-corrected chi connectivity index (χ4v) is 4.31. The van der Waals surface area contributed by atoms with Crippen molar-refractivity contribution in [2.45, 2.75) is 52.4 Å². The number of fused-ring (bicyclic) bond motifs is 1. The van der Waals surface area contributed by atoms with Crippen molar-refractivity contribution in [3.05, 3.63) is 24.0 Å². The van der Waals surface area contributed by atoms with Gasteiger partial charge < -0.3 is 9.47 Å². The second-order valence-corrected chi connectivity index (χ2v) is 6.83. The summed E-state index contributed by atoms with van der Waals surface area (Å²) in [6.45, 7) is 5.81. The van der Waals surface area contributed by atoms with Gasteiger partial charge in [-0.2, -0.15) is 0 Å². The third-order valence-electron chi connectivity index (χ3n) is 5.55. The number of esters is 1. The summed E-state index contributed by atoms with van der Waals surface area (Å²) in [7, 11) is 0. The summed E-state index contributed by atoms with van der Waals surface area (Å²) in [4.78, 5) is 15.9. The summed E-state index contributed by atoms with van der Waals surface area (Å²) in [5.41, 5.74) is 0.823. The normalized spacial score (nSPS) is 39.8. The highest BCUT2D eigenvalue weighted by Gasteiger charge is 2.63. The number of ether oxygens (including phenoxy) is 2. The first-order valence-electron chi connectivity index (χ1n) is 7.42. The van der Waals surface area contributed by atoms with Crippen LogP contribution in [0.3, 0.4) is 0 Å². The van der Waals surface area contributed by atoms with Gasteiger partial charge >= 0.3 is 5.97 Å². The standard InChI is InChI=1S/C16H22O5/c1-10(17)20-14-16(6-7-19-14)9-11-8-12(21-18)4-5-13(11)15(16,2)3/h6-8,12-14,18H,4-5,9H2,1-3H3. The van der Waals surface area contributed by atoms with Crippen molar-refractivity contribution in [2.75, 3.05) is 0 Å². The number of rotatable bonds is 2. The summed E-state index contributed by atoms with van der Waals surface area (Å²) >= 11 is 0. The Morgan fingerprint density at radius 1 is 1.43 bits per heavy atom. The lowest BCUT2D eigenvalue weighted by atomic mass is 9.63. The minimum Gasteiger partial charge on any atom is -0.462 e. The van der Waals surface area contributed by atoms with Crippen LogP contribution >= 0.6 is 0 Å². The molecule has 1 spiro atoms. The summed E-state index contributed by atoms with van der Waals surface area (Å²) < 4.78 is 11.0. The van der Waals surface area contributed by atoms with Gasteiger partial charge in [0.2, 0.25) is 0 Å². The van der Waals surface area contributed by atoms with Gasteiger partial charge in [0.25, 0.3) is 6.29 Å². The second kappa shape index (κ2) is 4.85.